The minimum atomic E-state index is -0.886. The van der Waals surface area contributed by atoms with Crippen molar-refractivity contribution in [1.82, 2.24) is 0 Å². The number of Topliss-reactive ketones (excluding diaryl/α,β-unsaturated/α-hetero) is 1. The molecule has 2 aromatic carbocycles. The van der Waals surface area contributed by atoms with Crippen molar-refractivity contribution in [3.05, 3.63) is 65.2 Å². The number of ketones is 1. The van der Waals surface area contributed by atoms with Crippen LogP contribution in [0.15, 0.2) is 48.5 Å². The number of anilines is 1. The average molecular weight is 365 g/mol. The van der Waals surface area contributed by atoms with Crippen LogP contribution in [-0.4, -0.2) is 30.3 Å². The van der Waals surface area contributed by atoms with Crippen LogP contribution in [0.25, 0.3) is 0 Å². The van der Waals surface area contributed by atoms with E-state index < -0.39 is 18.0 Å². The molecule has 5 nitrogen and oxygen atoms in total. The lowest BCUT2D eigenvalue weighted by atomic mass is 10.1. The Labute approximate surface area is 158 Å². The second-order valence-corrected chi connectivity index (χ2v) is 7.00. The monoisotopic (exact) mass is 365 g/mol. The van der Waals surface area contributed by atoms with Gasteiger partial charge >= 0.3 is 5.97 Å². The number of hydrogen-bond donors (Lipinski definition) is 0. The number of carbonyl (C=O) groups is 3. The number of ether oxygens (including phenoxy) is 1. The van der Waals surface area contributed by atoms with Crippen LogP contribution < -0.4 is 4.90 Å². The zero-order chi connectivity index (χ0) is 19.6. The molecule has 5 heteroatoms. The summed E-state index contributed by atoms with van der Waals surface area (Å²) in [4.78, 5) is 38.9. The Kier molecular flexibility index (Phi) is 5.40. The molecule has 1 saturated heterocycles. The van der Waals surface area contributed by atoms with Gasteiger partial charge in [0.05, 0.1) is 5.92 Å². The van der Waals surface area contributed by atoms with Gasteiger partial charge in [-0.05, 0) is 32.4 Å². The zero-order valence-corrected chi connectivity index (χ0v) is 15.8. The van der Waals surface area contributed by atoms with Crippen LogP contribution in [0.5, 0.6) is 0 Å². The van der Waals surface area contributed by atoms with Crippen LogP contribution in [0.3, 0.4) is 0 Å². The summed E-state index contributed by atoms with van der Waals surface area (Å²) in [6, 6.07) is 14.7. The molecule has 0 saturated carbocycles. The average Bonchev–Trinajstić information content (AvgIpc) is 3.04. The molecule has 0 unspecified atom stereocenters. The summed E-state index contributed by atoms with van der Waals surface area (Å²) in [6.45, 7) is 5.70. The molecular formula is C22H23NO4. The Balaban J connectivity index is 1.64. The summed E-state index contributed by atoms with van der Waals surface area (Å²) < 4.78 is 5.38. The molecule has 1 fully saturated rings. The minimum Gasteiger partial charge on any atom is -0.454 e. The van der Waals surface area contributed by atoms with Gasteiger partial charge in [-0.3, -0.25) is 14.4 Å². The van der Waals surface area contributed by atoms with Crippen molar-refractivity contribution in [3.63, 3.8) is 0 Å². The van der Waals surface area contributed by atoms with Crippen LogP contribution in [0.2, 0.25) is 0 Å². The minimum absolute atomic E-state index is 0.0958. The van der Waals surface area contributed by atoms with Crippen molar-refractivity contribution in [3.8, 4) is 0 Å². The van der Waals surface area contributed by atoms with E-state index in [9.17, 15) is 14.4 Å². The maximum absolute atomic E-state index is 12.5. The molecule has 27 heavy (non-hydrogen) atoms. The van der Waals surface area contributed by atoms with E-state index in [4.69, 9.17) is 4.74 Å². The Morgan fingerprint density at radius 1 is 1.07 bits per heavy atom. The van der Waals surface area contributed by atoms with E-state index in [1.54, 1.807) is 24.0 Å². The molecule has 1 heterocycles. The Morgan fingerprint density at radius 2 is 1.74 bits per heavy atom. The van der Waals surface area contributed by atoms with E-state index in [1.165, 1.54) is 0 Å². The number of para-hydroxylation sites is 1. The van der Waals surface area contributed by atoms with Crippen LogP contribution in [-0.2, 0) is 14.3 Å². The number of rotatable bonds is 5. The van der Waals surface area contributed by atoms with Crippen molar-refractivity contribution >= 4 is 23.3 Å². The van der Waals surface area contributed by atoms with Crippen LogP contribution in [0, 0.1) is 19.8 Å². The molecule has 3 rings (SSSR count). The first-order valence-electron chi connectivity index (χ1n) is 9.04. The molecule has 1 aliphatic rings. The van der Waals surface area contributed by atoms with Crippen molar-refractivity contribution in [1.29, 1.82) is 0 Å². The van der Waals surface area contributed by atoms with Gasteiger partial charge in [0.15, 0.2) is 6.10 Å². The molecule has 140 valence electrons. The molecule has 2 atom stereocenters. The Morgan fingerprint density at radius 3 is 2.41 bits per heavy atom. The van der Waals surface area contributed by atoms with Gasteiger partial charge in [0.25, 0.3) is 0 Å². The largest absolute Gasteiger partial charge is 0.454 e. The lowest BCUT2D eigenvalue weighted by Crippen LogP contribution is -2.30. The molecule has 0 bridgehead atoms. The predicted octanol–water partition coefficient (Wildman–Crippen LogP) is 3.47. The first-order valence-corrected chi connectivity index (χ1v) is 9.04. The maximum Gasteiger partial charge on any atom is 0.312 e. The number of aryl methyl sites for hydroxylation is 2. The molecule has 0 N–H and O–H groups in total. The lowest BCUT2D eigenvalue weighted by molar-refractivity contribution is -0.151. The number of nitrogens with zero attached hydrogens (tertiary/aromatic N) is 1. The molecule has 0 radical (unpaired) electrons. The van der Waals surface area contributed by atoms with E-state index in [-0.39, 0.29) is 24.7 Å². The number of hydrogen-bond acceptors (Lipinski definition) is 4. The Hall–Kier alpha value is -2.95. The fourth-order valence-corrected chi connectivity index (χ4v) is 3.24. The van der Waals surface area contributed by atoms with Gasteiger partial charge in [-0.1, -0.05) is 48.0 Å². The molecule has 1 amide bonds. The highest BCUT2D eigenvalue weighted by Crippen LogP contribution is 2.28. The summed E-state index contributed by atoms with van der Waals surface area (Å²) in [7, 11) is 0. The normalized spacial score (nSPS) is 17.7. The summed E-state index contributed by atoms with van der Waals surface area (Å²) in [5.74, 6) is -1.43. The first-order chi connectivity index (χ1) is 12.9. The SMILES string of the molecule is Cc1ccc(C(=O)[C@H](C)OC(=O)[C@H]2CC(=O)N(c3ccccc3C)C2)cc1. The molecule has 2 aromatic rings. The standard InChI is InChI=1S/C22H23NO4/c1-14-8-10-17(11-9-14)21(25)16(3)27-22(26)18-12-20(24)23(13-18)19-7-5-4-6-15(19)2/h4-11,16,18H,12-13H2,1-3H3/t16-,18-/m0/s1. The highest BCUT2D eigenvalue weighted by molar-refractivity contribution is 6.02. The molecule has 0 aliphatic carbocycles. The molecule has 0 spiro atoms. The highest BCUT2D eigenvalue weighted by Gasteiger charge is 2.37. The van der Waals surface area contributed by atoms with Gasteiger partial charge in [-0.25, -0.2) is 0 Å². The Bertz CT molecular complexity index is 872. The van der Waals surface area contributed by atoms with Gasteiger partial charge in [-0.15, -0.1) is 0 Å². The summed E-state index contributed by atoms with van der Waals surface area (Å²) in [5, 5.41) is 0. The third-order valence-corrected chi connectivity index (χ3v) is 4.86. The van der Waals surface area contributed by atoms with E-state index in [0.29, 0.717) is 5.56 Å². The number of carbonyl (C=O) groups excluding carboxylic acids is 3. The maximum atomic E-state index is 12.5. The van der Waals surface area contributed by atoms with Crippen molar-refractivity contribution in [2.24, 2.45) is 5.92 Å². The number of amides is 1. The smallest absolute Gasteiger partial charge is 0.312 e. The molecular weight excluding hydrogens is 342 g/mol. The third-order valence-electron chi connectivity index (χ3n) is 4.86. The van der Waals surface area contributed by atoms with Crippen molar-refractivity contribution in [2.45, 2.75) is 33.3 Å². The third kappa shape index (κ3) is 4.08. The van der Waals surface area contributed by atoms with E-state index in [1.807, 2.05) is 50.2 Å². The van der Waals surface area contributed by atoms with Gasteiger partial charge in [0.1, 0.15) is 0 Å². The molecule has 1 aliphatic heterocycles. The molecule has 0 aromatic heterocycles. The van der Waals surface area contributed by atoms with E-state index in [0.717, 1.165) is 16.8 Å². The van der Waals surface area contributed by atoms with Crippen LogP contribution >= 0.6 is 0 Å². The zero-order valence-electron chi connectivity index (χ0n) is 15.8. The van der Waals surface area contributed by atoms with Gasteiger partial charge in [0.2, 0.25) is 11.7 Å². The summed E-state index contributed by atoms with van der Waals surface area (Å²) in [6.07, 6.45) is -0.790. The summed E-state index contributed by atoms with van der Waals surface area (Å²) >= 11 is 0. The van der Waals surface area contributed by atoms with E-state index >= 15 is 0 Å². The first kappa shape index (κ1) is 18.8. The highest BCUT2D eigenvalue weighted by atomic mass is 16.5. The van der Waals surface area contributed by atoms with Crippen molar-refractivity contribution < 1.29 is 19.1 Å². The number of benzene rings is 2. The van der Waals surface area contributed by atoms with Crippen LogP contribution in [0.1, 0.15) is 34.8 Å². The van der Waals surface area contributed by atoms with Gasteiger partial charge in [0, 0.05) is 24.2 Å². The fourth-order valence-electron chi connectivity index (χ4n) is 3.24. The van der Waals surface area contributed by atoms with Crippen molar-refractivity contribution in [2.75, 3.05) is 11.4 Å². The van der Waals surface area contributed by atoms with Gasteiger partial charge in [-0.2, -0.15) is 0 Å². The lowest BCUT2D eigenvalue weighted by Gasteiger charge is -2.19. The predicted molar refractivity (Wildman–Crippen MR) is 103 cm³/mol. The topological polar surface area (TPSA) is 63.7 Å². The fraction of sp³-hybridized carbons (Fsp3) is 0.318. The van der Waals surface area contributed by atoms with Gasteiger partial charge < -0.3 is 9.64 Å². The van der Waals surface area contributed by atoms with Crippen LogP contribution in [0.4, 0.5) is 5.69 Å². The second kappa shape index (κ2) is 7.74. The quantitative estimate of drug-likeness (QED) is 0.601. The second-order valence-electron chi connectivity index (χ2n) is 7.00. The number of esters is 1. The van der Waals surface area contributed by atoms with E-state index in [2.05, 4.69) is 0 Å². The summed E-state index contributed by atoms with van der Waals surface area (Å²) in [5.41, 5.74) is 3.34.